The maximum absolute atomic E-state index is 13.5. The smallest absolute Gasteiger partial charge is 0.257 e. The molecule has 1 saturated carbocycles. The lowest BCUT2D eigenvalue weighted by molar-refractivity contribution is -0.135. The molecule has 0 aromatic heterocycles. The standard InChI is InChI=1S/C27H32N4O/c1-29-15-17-30(18-16-29)20-25(32)31-27(22-11-6-3-7-12-22)24-14-8-13-23(26(24)28-31)19-21-9-4-2-5-10-21/h2-7,9-12,19,24,27H,8,13-18,20H2,1H3/b23-19+/t24-,27-/m0/s1. The van der Waals surface area contributed by atoms with Gasteiger partial charge in [-0.3, -0.25) is 9.69 Å². The molecule has 1 amide bonds. The lowest BCUT2D eigenvalue weighted by Gasteiger charge is -2.34. The van der Waals surface area contributed by atoms with Gasteiger partial charge in [-0.05, 0) is 49.1 Å². The highest BCUT2D eigenvalue weighted by Gasteiger charge is 2.43. The van der Waals surface area contributed by atoms with Crippen LogP contribution in [0.25, 0.3) is 6.08 Å². The molecule has 2 atom stereocenters. The Morgan fingerprint density at radius 2 is 1.69 bits per heavy atom. The van der Waals surface area contributed by atoms with Crippen LogP contribution in [-0.2, 0) is 4.79 Å². The summed E-state index contributed by atoms with van der Waals surface area (Å²) in [6, 6.07) is 20.9. The zero-order valence-corrected chi connectivity index (χ0v) is 18.9. The van der Waals surface area contributed by atoms with Crippen molar-refractivity contribution in [2.24, 2.45) is 11.0 Å². The molecule has 0 N–H and O–H groups in total. The summed E-state index contributed by atoms with van der Waals surface area (Å²) in [5.41, 5.74) is 4.78. The van der Waals surface area contributed by atoms with Gasteiger partial charge in [0.2, 0.25) is 0 Å². The van der Waals surface area contributed by atoms with Gasteiger partial charge in [0.1, 0.15) is 0 Å². The van der Waals surface area contributed by atoms with Crippen molar-refractivity contribution < 1.29 is 4.79 Å². The minimum atomic E-state index is -0.00867. The summed E-state index contributed by atoms with van der Waals surface area (Å²) in [5.74, 6) is 0.377. The number of carbonyl (C=O) groups excluding carboxylic acids is 1. The van der Waals surface area contributed by atoms with E-state index in [4.69, 9.17) is 5.10 Å². The van der Waals surface area contributed by atoms with E-state index in [-0.39, 0.29) is 17.9 Å². The number of rotatable bonds is 4. The zero-order valence-electron chi connectivity index (χ0n) is 18.9. The lowest BCUT2D eigenvalue weighted by atomic mass is 9.77. The number of hydrazone groups is 1. The maximum atomic E-state index is 13.5. The van der Waals surface area contributed by atoms with E-state index in [1.807, 2.05) is 17.1 Å². The lowest BCUT2D eigenvalue weighted by Crippen LogP contribution is -2.48. The number of allylic oxidation sites excluding steroid dienone is 1. The molecule has 0 spiro atoms. The zero-order chi connectivity index (χ0) is 21.9. The van der Waals surface area contributed by atoms with Crippen molar-refractivity contribution in [2.45, 2.75) is 25.3 Å². The predicted molar refractivity (Wildman–Crippen MR) is 129 cm³/mol. The van der Waals surface area contributed by atoms with Crippen molar-refractivity contribution >= 4 is 17.7 Å². The van der Waals surface area contributed by atoms with E-state index in [2.05, 4.69) is 71.5 Å². The molecule has 0 bridgehead atoms. The van der Waals surface area contributed by atoms with Crippen molar-refractivity contribution in [3.05, 3.63) is 77.4 Å². The highest BCUT2D eigenvalue weighted by molar-refractivity contribution is 6.08. The van der Waals surface area contributed by atoms with Gasteiger partial charge < -0.3 is 4.90 Å². The van der Waals surface area contributed by atoms with Crippen LogP contribution in [0.2, 0.25) is 0 Å². The second-order valence-electron chi connectivity index (χ2n) is 9.24. The Bertz CT molecular complexity index is 993. The molecule has 1 aliphatic carbocycles. The van der Waals surface area contributed by atoms with Gasteiger partial charge in [0.15, 0.2) is 0 Å². The molecule has 0 unspecified atom stereocenters. The second-order valence-corrected chi connectivity index (χ2v) is 9.24. The van der Waals surface area contributed by atoms with Crippen molar-refractivity contribution in [3.63, 3.8) is 0 Å². The molecule has 2 heterocycles. The van der Waals surface area contributed by atoms with E-state index < -0.39 is 0 Å². The van der Waals surface area contributed by atoms with Crippen LogP contribution in [0.1, 0.15) is 36.4 Å². The average Bonchev–Trinajstić information content (AvgIpc) is 3.23. The number of fused-ring (bicyclic) bond motifs is 1. The second kappa shape index (κ2) is 9.39. The number of hydrogen-bond donors (Lipinski definition) is 0. The summed E-state index contributed by atoms with van der Waals surface area (Å²) < 4.78 is 0. The highest BCUT2D eigenvalue weighted by Crippen LogP contribution is 2.44. The number of piperazine rings is 1. The summed E-state index contributed by atoms with van der Waals surface area (Å²) in [6.45, 7) is 4.34. The summed E-state index contributed by atoms with van der Waals surface area (Å²) >= 11 is 0. The van der Waals surface area contributed by atoms with Gasteiger partial charge in [-0.2, -0.15) is 5.10 Å². The van der Waals surface area contributed by atoms with Crippen LogP contribution in [0.5, 0.6) is 0 Å². The Labute approximate surface area is 191 Å². The highest BCUT2D eigenvalue weighted by atomic mass is 16.2. The molecule has 5 heteroatoms. The van der Waals surface area contributed by atoms with E-state index in [1.165, 1.54) is 16.7 Å². The number of carbonyl (C=O) groups is 1. The minimum absolute atomic E-state index is 0.00867. The number of likely N-dealkylation sites (N-methyl/N-ethyl adjacent to an activating group) is 1. The fourth-order valence-corrected chi connectivity index (χ4v) is 5.21. The summed E-state index contributed by atoms with van der Waals surface area (Å²) in [6.07, 6.45) is 5.49. The molecule has 1 saturated heterocycles. The molecule has 5 nitrogen and oxygen atoms in total. The SMILES string of the molecule is CN1CCN(CC(=O)N2N=C3/C(=C/c4ccccc4)CCC[C@@H]3[C@@H]2c2ccccc2)CC1. The van der Waals surface area contributed by atoms with Gasteiger partial charge in [-0.15, -0.1) is 0 Å². The van der Waals surface area contributed by atoms with Gasteiger partial charge in [-0.1, -0.05) is 60.7 Å². The van der Waals surface area contributed by atoms with E-state index in [9.17, 15) is 4.79 Å². The van der Waals surface area contributed by atoms with Crippen LogP contribution in [0.3, 0.4) is 0 Å². The number of benzene rings is 2. The Morgan fingerprint density at radius 1 is 1.00 bits per heavy atom. The van der Waals surface area contributed by atoms with E-state index in [1.54, 1.807) is 0 Å². The summed E-state index contributed by atoms with van der Waals surface area (Å²) in [5, 5.41) is 6.84. The Balaban J connectivity index is 1.45. The first kappa shape index (κ1) is 21.1. The number of hydrogen-bond acceptors (Lipinski definition) is 4. The van der Waals surface area contributed by atoms with Crippen LogP contribution in [0.4, 0.5) is 0 Å². The first-order valence-corrected chi connectivity index (χ1v) is 11.8. The van der Waals surface area contributed by atoms with Crippen LogP contribution in [0.15, 0.2) is 71.3 Å². The van der Waals surface area contributed by atoms with E-state index >= 15 is 0 Å². The van der Waals surface area contributed by atoms with Crippen LogP contribution >= 0.6 is 0 Å². The Kier molecular flexibility index (Phi) is 6.19. The largest absolute Gasteiger partial charge is 0.304 e. The monoisotopic (exact) mass is 428 g/mol. The van der Waals surface area contributed by atoms with Crippen LogP contribution in [-0.4, -0.2) is 66.2 Å². The van der Waals surface area contributed by atoms with Gasteiger partial charge in [0, 0.05) is 32.1 Å². The molecule has 3 aliphatic rings. The molecule has 166 valence electrons. The van der Waals surface area contributed by atoms with Crippen molar-refractivity contribution in [1.29, 1.82) is 0 Å². The third-order valence-corrected chi connectivity index (χ3v) is 6.99. The topological polar surface area (TPSA) is 39.1 Å². The minimum Gasteiger partial charge on any atom is -0.304 e. The van der Waals surface area contributed by atoms with Crippen molar-refractivity contribution in [2.75, 3.05) is 39.8 Å². The van der Waals surface area contributed by atoms with E-state index in [0.29, 0.717) is 6.54 Å². The fraction of sp³-hybridized carbons (Fsp3) is 0.407. The van der Waals surface area contributed by atoms with Crippen molar-refractivity contribution in [1.82, 2.24) is 14.8 Å². The molecule has 2 aliphatic heterocycles. The molecular weight excluding hydrogens is 396 g/mol. The first-order chi connectivity index (χ1) is 15.7. The third-order valence-electron chi connectivity index (χ3n) is 6.99. The third kappa shape index (κ3) is 4.41. The maximum Gasteiger partial charge on any atom is 0.257 e. The summed E-state index contributed by atoms with van der Waals surface area (Å²) in [4.78, 5) is 18.1. The molecule has 2 aromatic rings. The fourth-order valence-electron chi connectivity index (χ4n) is 5.21. The molecule has 2 fully saturated rings. The Morgan fingerprint density at radius 3 is 2.41 bits per heavy atom. The van der Waals surface area contributed by atoms with Gasteiger partial charge in [-0.25, -0.2) is 5.01 Å². The average molecular weight is 429 g/mol. The first-order valence-electron chi connectivity index (χ1n) is 11.8. The molecular formula is C27H32N4O. The van der Waals surface area contributed by atoms with Crippen molar-refractivity contribution in [3.8, 4) is 0 Å². The molecule has 32 heavy (non-hydrogen) atoms. The quantitative estimate of drug-likeness (QED) is 0.737. The van der Waals surface area contributed by atoms with Gasteiger partial charge in [0.05, 0.1) is 18.3 Å². The predicted octanol–water partition coefficient (Wildman–Crippen LogP) is 4.06. The molecule has 5 rings (SSSR count). The normalized spacial score (nSPS) is 25.6. The molecule has 0 radical (unpaired) electrons. The van der Waals surface area contributed by atoms with Gasteiger partial charge >= 0.3 is 0 Å². The molecule has 2 aromatic carbocycles. The Hall–Kier alpha value is -2.76. The summed E-state index contributed by atoms with van der Waals surface area (Å²) in [7, 11) is 2.14. The number of nitrogens with zero attached hydrogens (tertiary/aromatic N) is 4. The number of amides is 1. The van der Waals surface area contributed by atoms with Gasteiger partial charge in [0.25, 0.3) is 5.91 Å². The van der Waals surface area contributed by atoms with E-state index in [0.717, 1.165) is 51.2 Å². The van der Waals surface area contributed by atoms with Crippen LogP contribution < -0.4 is 0 Å². The van der Waals surface area contributed by atoms with Crippen LogP contribution in [0, 0.1) is 5.92 Å².